The number of amides is 2. The first-order chi connectivity index (χ1) is 15.3. The highest BCUT2D eigenvalue weighted by atomic mass is 35.5. The molecule has 4 rings (SSSR count). The number of ether oxygens (including phenoxy) is 1. The van der Waals surface area contributed by atoms with Crippen molar-refractivity contribution in [1.82, 2.24) is 19.6 Å². The van der Waals surface area contributed by atoms with Crippen molar-refractivity contribution < 1.29 is 23.1 Å². The first-order valence-corrected chi connectivity index (χ1v) is 10.4. The molecule has 2 aromatic heterocycles. The van der Waals surface area contributed by atoms with E-state index in [1.54, 1.807) is 27.6 Å². The summed E-state index contributed by atoms with van der Waals surface area (Å²) in [6, 6.07) is 5.20. The van der Waals surface area contributed by atoms with E-state index < -0.39 is 17.5 Å². The Morgan fingerprint density at radius 2 is 2.00 bits per heavy atom. The van der Waals surface area contributed by atoms with Crippen molar-refractivity contribution in [3.05, 3.63) is 58.4 Å². The van der Waals surface area contributed by atoms with Gasteiger partial charge >= 0.3 is 0 Å². The molecule has 1 aliphatic heterocycles. The summed E-state index contributed by atoms with van der Waals surface area (Å²) in [5.41, 5.74) is 0.543. The van der Waals surface area contributed by atoms with Gasteiger partial charge in [0, 0.05) is 56.3 Å². The lowest BCUT2D eigenvalue weighted by Crippen LogP contribution is -2.45. The molecule has 10 heteroatoms. The van der Waals surface area contributed by atoms with Crippen molar-refractivity contribution >= 4 is 29.1 Å². The van der Waals surface area contributed by atoms with Gasteiger partial charge in [-0.2, -0.15) is 0 Å². The fraction of sp³-hybridized carbons (Fsp3) is 0.318. The topological polar surface area (TPSA) is 75.9 Å². The van der Waals surface area contributed by atoms with Crippen LogP contribution in [-0.2, 0) is 16.0 Å². The Morgan fingerprint density at radius 1 is 1.28 bits per heavy atom. The van der Waals surface area contributed by atoms with Crippen molar-refractivity contribution in [1.29, 1.82) is 0 Å². The number of morpholine rings is 1. The van der Waals surface area contributed by atoms with Crippen molar-refractivity contribution in [2.75, 3.05) is 26.7 Å². The van der Waals surface area contributed by atoms with Gasteiger partial charge in [-0.05, 0) is 18.2 Å². The maximum absolute atomic E-state index is 15.0. The number of benzene rings is 1. The van der Waals surface area contributed by atoms with E-state index in [1.165, 1.54) is 14.0 Å². The molecule has 32 heavy (non-hydrogen) atoms. The largest absolute Gasteiger partial charge is 0.374 e. The molecule has 1 saturated heterocycles. The molecule has 1 unspecified atom stereocenters. The summed E-state index contributed by atoms with van der Waals surface area (Å²) >= 11 is 6.09. The van der Waals surface area contributed by atoms with E-state index in [1.807, 2.05) is 0 Å². The third-order valence-electron chi connectivity index (χ3n) is 5.46. The minimum atomic E-state index is -0.908. The molecule has 0 aliphatic carbocycles. The predicted octanol–water partition coefficient (Wildman–Crippen LogP) is 3.08. The van der Waals surface area contributed by atoms with Crippen LogP contribution >= 0.6 is 11.6 Å². The van der Waals surface area contributed by atoms with Crippen LogP contribution in [0.1, 0.15) is 23.0 Å². The van der Waals surface area contributed by atoms with E-state index in [0.717, 1.165) is 12.1 Å². The van der Waals surface area contributed by atoms with Crippen molar-refractivity contribution in [3.8, 4) is 11.3 Å². The molecule has 1 aliphatic rings. The van der Waals surface area contributed by atoms with Gasteiger partial charge in [-0.25, -0.2) is 13.8 Å². The minimum absolute atomic E-state index is 0.0645. The van der Waals surface area contributed by atoms with Gasteiger partial charge in [0.05, 0.1) is 29.7 Å². The number of nitrogens with one attached hydrogen (secondary N) is 1. The van der Waals surface area contributed by atoms with E-state index in [0.29, 0.717) is 36.1 Å². The smallest absolute Gasteiger partial charge is 0.251 e. The quantitative estimate of drug-likeness (QED) is 0.646. The number of aromatic nitrogens is 2. The molecule has 0 radical (unpaired) electrons. The normalized spacial score (nSPS) is 16.4. The number of hydrogen-bond donors (Lipinski definition) is 1. The van der Waals surface area contributed by atoms with Gasteiger partial charge in [0.25, 0.3) is 5.91 Å². The molecule has 1 atom stereocenters. The predicted molar refractivity (Wildman–Crippen MR) is 115 cm³/mol. The van der Waals surface area contributed by atoms with Crippen LogP contribution in [0.15, 0.2) is 30.5 Å². The number of pyridine rings is 1. The molecule has 2 amide bonds. The van der Waals surface area contributed by atoms with Gasteiger partial charge in [0.15, 0.2) is 0 Å². The number of halogens is 3. The molecule has 0 bridgehead atoms. The zero-order valence-electron chi connectivity index (χ0n) is 17.5. The number of carbonyl (C=O) groups is 2. The van der Waals surface area contributed by atoms with E-state index in [4.69, 9.17) is 16.3 Å². The highest BCUT2D eigenvalue weighted by Gasteiger charge is 2.28. The molecule has 3 heterocycles. The molecule has 1 aromatic carbocycles. The van der Waals surface area contributed by atoms with Gasteiger partial charge in [0.1, 0.15) is 17.3 Å². The Balaban J connectivity index is 1.82. The van der Waals surface area contributed by atoms with E-state index in [2.05, 4.69) is 10.3 Å². The van der Waals surface area contributed by atoms with Crippen LogP contribution in [0.3, 0.4) is 0 Å². The van der Waals surface area contributed by atoms with Gasteiger partial charge < -0.3 is 19.4 Å². The summed E-state index contributed by atoms with van der Waals surface area (Å²) in [6.45, 7) is 2.70. The third kappa shape index (κ3) is 4.18. The number of nitrogens with zero attached hydrogens (tertiary/aromatic N) is 3. The lowest BCUT2D eigenvalue weighted by Gasteiger charge is -2.32. The second-order valence-corrected chi connectivity index (χ2v) is 7.97. The van der Waals surface area contributed by atoms with Gasteiger partial charge in [-0.3, -0.25) is 9.59 Å². The van der Waals surface area contributed by atoms with Gasteiger partial charge in [-0.15, -0.1) is 0 Å². The van der Waals surface area contributed by atoms with Crippen LogP contribution in [0.4, 0.5) is 8.78 Å². The average molecular weight is 463 g/mol. The van der Waals surface area contributed by atoms with Gasteiger partial charge in [-0.1, -0.05) is 11.6 Å². The Bertz CT molecular complexity index is 1190. The Labute approximate surface area is 187 Å². The number of carbonyl (C=O) groups excluding carboxylic acids is 2. The maximum Gasteiger partial charge on any atom is 0.251 e. The number of rotatable bonds is 4. The third-order valence-corrected chi connectivity index (χ3v) is 5.70. The number of imidazole rings is 1. The van der Waals surface area contributed by atoms with E-state index >= 15 is 8.78 Å². The molecule has 7 nitrogen and oxygen atoms in total. The summed E-state index contributed by atoms with van der Waals surface area (Å²) in [6.07, 6.45) is 1.56. The van der Waals surface area contributed by atoms with Crippen molar-refractivity contribution in [3.63, 3.8) is 0 Å². The Morgan fingerprint density at radius 3 is 2.66 bits per heavy atom. The first kappa shape index (κ1) is 22.2. The fourth-order valence-corrected chi connectivity index (χ4v) is 4.04. The molecule has 3 aromatic rings. The lowest BCUT2D eigenvalue weighted by molar-refractivity contribution is -0.136. The summed E-state index contributed by atoms with van der Waals surface area (Å²) in [4.78, 5) is 29.7. The second kappa shape index (κ2) is 8.84. The van der Waals surface area contributed by atoms with E-state index in [-0.39, 0.29) is 35.3 Å². The maximum atomic E-state index is 15.0. The summed E-state index contributed by atoms with van der Waals surface area (Å²) < 4.78 is 37.6. The minimum Gasteiger partial charge on any atom is -0.374 e. The average Bonchev–Trinajstić information content (AvgIpc) is 3.09. The standard InChI is InChI=1S/C22H21ClF2N4O3/c1-12(30)28-5-6-32-15(11-28)10-18-21(27-19-9-14(23)3-4-29(18)19)20-16(24)7-13(8-17(20)25)22(31)26-2/h3-4,7-9,15H,5-6,10-11H2,1-2H3,(H,26,31). The fourth-order valence-electron chi connectivity index (χ4n) is 3.89. The van der Waals surface area contributed by atoms with Crippen molar-refractivity contribution in [2.24, 2.45) is 0 Å². The summed E-state index contributed by atoms with van der Waals surface area (Å²) in [7, 11) is 1.38. The first-order valence-electron chi connectivity index (χ1n) is 10.0. The molecule has 0 saturated carbocycles. The molecular weight excluding hydrogens is 442 g/mol. The molecular formula is C22H21ClF2N4O3. The van der Waals surface area contributed by atoms with Crippen LogP contribution < -0.4 is 5.32 Å². The zero-order valence-corrected chi connectivity index (χ0v) is 18.2. The second-order valence-electron chi connectivity index (χ2n) is 7.54. The Hall–Kier alpha value is -3.04. The molecule has 168 valence electrons. The van der Waals surface area contributed by atoms with Crippen LogP contribution in [-0.4, -0.2) is 58.9 Å². The number of hydrogen-bond acceptors (Lipinski definition) is 4. The molecule has 1 N–H and O–H groups in total. The molecule has 1 fully saturated rings. The SMILES string of the molecule is CNC(=O)c1cc(F)c(-c2nc3cc(Cl)ccn3c2CC2CN(C(C)=O)CCO2)c(F)c1. The van der Waals surface area contributed by atoms with Crippen LogP contribution in [0.2, 0.25) is 5.02 Å². The summed E-state index contributed by atoms with van der Waals surface area (Å²) in [5.74, 6) is -2.48. The van der Waals surface area contributed by atoms with Gasteiger partial charge in [0.2, 0.25) is 5.91 Å². The highest BCUT2D eigenvalue weighted by molar-refractivity contribution is 6.30. The number of fused-ring (bicyclic) bond motifs is 1. The van der Waals surface area contributed by atoms with Crippen LogP contribution in [0.5, 0.6) is 0 Å². The monoisotopic (exact) mass is 462 g/mol. The Kier molecular flexibility index (Phi) is 6.12. The van der Waals surface area contributed by atoms with Crippen LogP contribution in [0, 0.1) is 11.6 Å². The highest BCUT2D eigenvalue weighted by Crippen LogP contribution is 2.32. The van der Waals surface area contributed by atoms with E-state index in [9.17, 15) is 9.59 Å². The molecule has 0 spiro atoms. The zero-order chi connectivity index (χ0) is 23.0. The lowest BCUT2D eigenvalue weighted by atomic mass is 10.0. The summed E-state index contributed by atoms with van der Waals surface area (Å²) in [5, 5.41) is 2.77. The van der Waals surface area contributed by atoms with Crippen LogP contribution in [0.25, 0.3) is 16.9 Å². The van der Waals surface area contributed by atoms with Crippen molar-refractivity contribution in [2.45, 2.75) is 19.4 Å².